The second kappa shape index (κ2) is 5.48. The summed E-state index contributed by atoms with van der Waals surface area (Å²) in [7, 11) is -3.84. The van der Waals surface area contributed by atoms with E-state index in [4.69, 9.17) is 4.52 Å². The summed E-state index contributed by atoms with van der Waals surface area (Å²) >= 11 is 0. The highest BCUT2D eigenvalue weighted by atomic mass is 32.2. The van der Waals surface area contributed by atoms with Crippen molar-refractivity contribution >= 4 is 9.84 Å². The zero-order valence-corrected chi connectivity index (χ0v) is 13.1. The quantitative estimate of drug-likeness (QED) is 0.747. The summed E-state index contributed by atoms with van der Waals surface area (Å²) in [5.41, 5.74) is 0.116. The first-order valence-electron chi connectivity index (χ1n) is 7.25. The number of H-pyrrole nitrogens is 1. The molecule has 10 heteroatoms. The summed E-state index contributed by atoms with van der Waals surface area (Å²) in [5, 5.41) is 9.43. The molecule has 0 unspecified atom stereocenters. The number of aromatic nitrogens is 5. The van der Waals surface area contributed by atoms with E-state index in [9.17, 15) is 12.8 Å². The molecule has 0 aliphatic heterocycles. The van der Waals surface area contributed by atoms with E-state index in [0.29, 0.717) is 5.89 Å². The fraction of sp³-hybridized carbons (Fsp3) is 0.286. The van der Waals surface area contributed by atoms with Gasteiger partial charge in [0.25, 0.3) is 0 Å². The molecule has 2 aromatic heterocycles. The van der Waals surface area contributed by atoms with E-state index >= 15 is 0 Å². The molecule has 0 radical (unpaired) electrons. The van der Waals surface area contributed by atoms with Gasteiger partial charge in [0.2, 0.25) is 20.9 Å². The van der Waals surface area contributed by atoms with Gasteiger partial charge in [0.1, 0.15) is 11.6 Å². The largest absolute Gasteiger partial charge is 0.339 e. The normalized spacial score (nSPS) is 14.9. The Labute approximate surface area is 136 Å². The zero-order valence-electron chi connectivity index (χ0n) is 12.3. The number of rotatable bonds is 5. The molecule has 0 spiro atoms. The van der Waals surface area contributed by atoms with Crippen molar-refractivity contribution in [3.8, 4) is 11.4 Å². The third-order valence-electron chi connectivity index (χ3n) is 3.60. The van der Waals surface area contributed by atoms with Crippen molar-refractivity contribution in [2.24, 2.45) is 0 Å². The Morgan fingerprint density at radius 1 is 1.25 bits per heavy atom. The van der Waals surface area contributed by atoms with Crippen molar-refractivity contribution < 1.29 is 17.3 Å². The summed E-state index contributed by atoms with van der Waals surface area (Å²) in [6, 6.07) is 5.85. The zero-order chi connectivity index (χ0) is 16.7. The minimum absolute atomic E-state index is 0.0292. The molecule has 0 amide bonds. The number of nitrogens with zero attached hydrogens (tertiary/aromatic N) is 4. The molecule has 124 valence electrons. The van der Waals surface area contributed by atoms with Gasteiger partial charge in [-0.15, -0.1) is 0 Å². The predicted molar refractivity (Wildman–Crippen MR) is 78.9 cm³/mol. The first-order chi connectivity index (χ1) is 11.5. The molecular weight excluding hydrogens is 337 g/mol. The molecule has 0 saturated heterocycles. The lowest BCUT2D eigenvalue weighted by atomic mass is 10.2. The first kappa shape index (κ1) is 14.9. The van der Waals surface area contributed by atoms with Crippen LogP contribution in [0.2, 0.25) is 0 Å². The molecule has 1 fully saturated rings. The summed E-state index contributed by atoms with van der Waals surface area (Å²) in [6.07, 6.45) is 1.95. The maximum absolute atomic E-state index is 13.7. The Balaban J connectivity index is 1.59. The Morgan fingerprint density at radius 3 is 2.79 bits per heavy atom. The molecule has 1 aliphatic carbocycles. The minimum Gasteiger partial charge on any atom is -0.339 e. The van der Waals surface area contributed by atoms with Crippen LogP contribution in [0.25, 0.3) is 11.4 Å². The van der Waals surface area contributed by atoms with E-state index in [2.05, 4.69) is 25.3 Å². The predicted octanol–water partition coefficient (Wildman–Crippen LogP) is 1.85. The van der Waals surface area contributed by atoms with Gasteiger partial charge in [-0.05, 0) is 25.0 Å². The number of benzene rings is 1. The summed E-state index contributed by atoms with van der Waals surface area (Å²) in [4.78, 5) is 7.97. The highest BCUT2D eigenvalue weighted by Crippen LogP contribution is 2.38. The van der Waals surface area contributed by atoms with Crippen LogP contribution in [0.3, 0.4) is 0 Å². The number of hydrogen-bond acceptors (Lipinski definition) is 7. The van der Waals surface area contributed by atoms with Gasteiger partial charge in [0.05, 0.1) is 5.56 Å². The summed E-state index contributed by atoms with van der Waals surface area (Å²) < 4.78 is 43.5. The van der Waals surface area contributed by atoms with Crippen molar-refractivity contribution in [2.45, 2.75) is 29.7 Å². The van der Waals surface area contributed by atoms with Crippen molar-refractivity contribution in [1.82, 2.24) is 25.3 Å². The van der Waals surface area contributed by atoms with Gasteiger partial charge >= 0.3 is 0 Å². The van der Waals surface area contributed by atoms with E-state index in [1.54, 1.807) is 6.07 Å². The van der Waals surface area contributed by atoms with Gasteiger partial charge in [-0.1, -0.05) is 17.3 Å². The summed E-state index contributed by atoms with van der Waals surface area (Å²) in [5.74, 6) is -0.252. The van der Waals surface area contributed by atoms with Gasteiger partial charge in [0.15, 0.2) is 11.6 Å². The monoisotopic (exact) mass is 349 g/mol. The molecule has 0 atom stereocenters. The summed E-state index contributed by atoms with van der Waals surface area (Å²) in [6.45, 7) is 0. The minimum atomic E-state index is -3.84. The molecule has 1 N–H and O–H groups in total. The lowest BCUT2D eigenvalue weighted by molar-refractivity contribution is 0.375. The molecule has 24 heavy (non-hydrogen) atoms. The van der Waals surface area contributed by atoms with E-state index in [1.807, 2.05) is 0 Å². The van der Waals surface area contributed by atoms with Gasteiger partial charge in [-0.2, -0.15) is 15.1 Å². The average molecular weight is 349 g/mol. The third-order valence-corrected chi connectivity index (χ3v) is 5.01. The van der Waals surface area contributed by atoms with Crippen LogP contribution in [0, 0.1) is 5.82 Å². The topological polar surface area (TPSA) is 115 Å². The number of sulfone groups is 1. The van der Waals surface area contributed by atoms with Crippen LogP contribution < -0.4 is 0 Å². The smallest absolute Gasteiger partial charge is 0.244 e. The SMILES string of the molecule is O=S(=O)(Cc1noc(C2CC2)n1)c1nc(-c2ccccc2F)n[nH]1. The standard InChI is InChI=1S/C14H12FN5O3S/c15-10-4-2-1-3-9(10)12-17-14(19-18-12)24(21,22)7-11-16-13(23-20-11)8-5-6-8/h1-4,8H,5-7H2,(H,17,18,19). The van der Waals surface area contributed by atoms with E-state index in [-0.39, 0.29) is 28.3 Å². The van der Waals surface area contributed by atoms with Crippen LogP contribution in [0.4, 0.5) is 4.39 Å². The molecule has 2 heterocycles. The molecule has 4 rings (SSSR count). The van der Waals surface area contributed by atoms with Gasteiger partial charge in [-0.25, -0.2) is 17.9 Å². The Bertz CT molecular complexity index is 993. The highest BCUT2D eigenvalue weighted by molar-refractivity contribution is 7.90. The van der Waals surface area contributed by atoms with Gasteiger partial charge in [0, 0.05) is 5.92 Å². The van der Waals surface area contributed by atoms with Crippen LogP contribution in [-0.4, -0.2) is 33.7 Å². The molecular formula is C14H12FN5O3S. The van der Waals surface area contributed by atoms with E-state index in [1.165, 1.54) is 18.2 Å². The van der Waals surface area contributed by atoms with Crippen LogP contribution in [-0.2, 0) is 15.6 Å². The van der Waals surface area contributed by atoms with Crippen molar-refractivity contribution in [2.75, 3.05) is 0 Å². The maximum Gasteiger partial charge on any atom is 0.244 e. The van der Waals surface area contributed by atoms with Crippen molar-refractivity contribution in [1.29, 1.82) is 0 Å². The molecule has 3 aromatic rings. The first-order valence-corrected chi connectivity index (χ1v) is 8.91. The second-order valence-electron chi connectivity index (χ2n) is 5.53. The van der Waals surface area contributed by atoms with Crippen LogP contribution >= 0.6 is 0 Å². The van der Waals surface area contributed by atoms with Gasteiger partial charge in [-0.3, -0.25) is 0 Å². The van der Waals surface area contributed by atoms with E-state index < -0.39 is 21.4 Å². The molecule has 0 bridgehead atoms. The van der Waals surface area contributed by atoms with Crippen LogP contribution in [0.5, 0.6) is 0 Å². The van der Waals surface area contributed by atoms with E-state index in [0.717, 1.165) is 12.8 Å². The Hall–Kier alpha value is -2.62. The maximum atomic E-state index is 13.7. The molecule has 1 aliphatic rings. The number of aromatic amines is 1. The number of halogens is 1. The fourth-order valence-electron chi connectivity index (χ4n) is 2.21. The van der Waals surface area contributed by atoms with Crippen molar-refractivity contribution in [3.05, 3.63) is 41.8 Å². The average Bonchev–Trinajstić information content (AvgIpc) is 3.08. The third kappa shape index (κ3) is 2.80. The lowest BCUT2D eigenvalue weighted by Crippen LogP contribution is -2.08. The van der Waals surface area contributed by atoms with Crippen LogP contribution in [0.15, 0.2) is 33.9 Å². The van der Waals surface area contributed by atoms with Gasteiger partial charge < -0.3 is 4.52 Å². The van der Waals surface area contributed by atoms with Crippen LogP contribution in [0.1, 0.15) is 30.5 Å². The fourth-order valence-corrected chi connectivity index (χ4v) is 3.21. The molecule has 1 aromatic carbocycles. The Morgan fingerprint density at radius 2 is 2.04 bits per heavy atom. The number of hydrogen-bond donors (Lipinski definition) is 1. The Kier molecular flexibility index (Phi) is 3.41. The molecule has 1 saturated carbocycles. The van der Waals surface area contributed by atoms with Crippen molar-refractivity contribution in [3.63, 3.8) is 0 Å². The second-order valence-corrected chi connectivity index (χ2v) is 7.43. The highest BCUT2D eigenvalue weighted by Gasteiger charge is 2.31. The lowest BCUT2D eigenvalue weighted by Gasteiger charge is -1.96. The molecule has 8 nitrogen and oxygen atoms in total. The number of nitrogens with one attached hydrogen (secondary N) is 1.